The molecule has 7 heteroatoms. The highest BCUT2D eigenvalue weighted by Gasteiger charge is 2.14. The molecule has 0 amide bonds. The van der Waals surface area contributed by atoms with Crippen LogP contribution in [-0.4, -0.2) is 28.4 Å². The number of benzene rings is 1. The van der Waals surface area contributed by atoms with E-state index in [1.807, 2.05) is 0 Å². The Hall–Kier alpha value is -2.33. The summed E-state index contributed by atoms with van der Waals surface area (Å²) in [6, 6.07) is 6.92. The average molecular weight is 359 g/mol. The molecular formula is C18H21N3O3S. The van der Waals surface area contributed by atoms with Gasteiger partial charge in [-0.05, 0) is 31.0 Å². The molecule has 0 saturated heterocycles. The normalized spacial score (nSPS) is 10.6. The van der Waals surface area contributed by atoms with E-state index in [9.17, 15) is 9.59 Å². The Morgan fingerprint density at radius 2 is 2.20 bits per heavy atom. The maximum absolute atomic E-state index is 12.8. The van der Waals surface area contributed by atoms with Crippen molar-refractivity contribution in [1.29, 1.82) is 5.26 Å². The Labute approximate surface area is 150 Å². The van der Waals surface area contributed by atoms with Crippen molar-refractivity contribution < 1.29 is 9.53 Å². The maximum atomic E-state index is 12.8. The molecule has 2 rings (SSSR count). The fraction of sp³-hybridized carbons (Fsp3) is 0.444. The minimum atomic E-state index is -0.456. The molecule has 0 fully saturated rings. The molecule has 1 aromatic carbocycles. The van der Waals surface area contributed by atoms with Gasteiger partial charge in [0.15, 0.2) is 5.16 Å². The largest absolute Gasteiger partial charge is 0.465 e. The standard InChI is InChI=1S/C18H21N3O3S/c1-3-4-10-21-16(22)14-8-7-13(17(23)24-2)12-15(14)20-18(21)25-11-6-5-9-19/h7-8,12H,3-6,10-11H2,1-2H3. The zero-order valence-electron chi connectivity index (χ0n) is 14.4. The molecule has 0 aliphatic rings. The summed E-state index contributed by atoms with van der Waals surface area (Å²) in [5, 5.41) is 9.77. The Kier molecular flexibility index (Phi) is 7.02. The first kappa shape index (κ1) is 19.0. The maximum Gasteiger partial charge on any atom is 0.337 e. The zero-order chi connectivity index (χ0) is 18.2. The quantitative estimate of drug-likeness (QED) is 0.311. The smallest absolute Gasteiger partial charge is 0.337 e. The second-order valence-corrected chi connectivity index (χ2v) is 6.60. The number of hydrogen-bond donors (Lipinski definition) is 0. The lowest BCUT2D eigenvalue weighted by molar-refractivity contribution is 0.0601. The summed E-state index contributed by atoms with van der Waals surface area (Å²) in [6.07, 6.45) is 3.08. The highest BCUT2D eigenvalue weighted by Crippen LogP contribution is 2.20. The van der Waals surface area contributed by atoms with Crippen molar-refractivity contribution in [3.05, 3.63) is 34.1 Å². The molecule has 6 nitrogen and oxygen atoms in total. The van der Waals surface area contributed by atoms with E-state index in [-0.39, 0.29) is 5.56 Å². The predicted octanol–water partition coefficient (Wildman–Crippen LogP) is 3.38. The first-order valence-electron chi connectivity index (χ1n) is 8.25. The van der Waals surface area contributed by atoms with Gasteiger partial charge < -0.3 is 4.74 Å². The van der Waals surface area contributed by atoms with Crippen LogP contribution in [0.5, 0.6) is 0 Å². The summed E-state index contributed by atoms with van der Waals surface area (Å²) in [6.45, 7) is 2.68. The molecule has 0 aliphatic heterocycles. The monoisotopic (exact) mass is 359 g/mol. The molecule has 0 spiro atoms. The van der Waals surface area contributed by atoms with Crippen molar-refractivity contribution in [3.63, 3.8) is 0 Å². The van der Waals surface area contributed by atoms with Crippen LogP contribution in [-0.2, 0) is 11.3 Å². The first-order valence-corrected chi connectivity index (χ1v) is 9.23. The summed E-state index contributed by atoms with van der Waals surface area (Å²) in [5.74, 6) is 0.260. The van der Waals surface area contributed by atoms with Crippen LogP contribution in [0.25, 0.3) is 10.9 Å². The third kappa shape index (κ3) is 4.60. The van der Waals surface area contributed by atoms with E-state index in [2.05, 4.69) is 18.0 Å². The van der Waals surface area contributed by atoms with Crippen LogP contribution in [0.4, 0.5) is 0 Å². The van der Waals surface area contributed by atoms with Gasteiger partial charge in [-0.3, -0.25) is 9.36 Å². The second-order valence-electron chi connectivity index (χ2n) is 5.54. The SMILES string of the molecule is CCCCn1c(SCCCC#N)nc2cc(C(=O)OC)ccc2c1=O. The van der Waals surface area contributed by atoms with Gasteiger partial charge in [0.25, 0.3) is 5.56 Å². The topological polar surface area (TPSA) is 85.0 Å². The third-order valence-corrected chi connectivity index (χ3v) is 4.80. The summed E-state index contributed by atoms with van der Waals surface area (Å²) in [7, 11) is 1.32. The van der Waals surface area contributed by atoms with E-state index in [0.717, 1.165) is 19.3 Å². The molecule has 1 aromatic heterocycles. The number of hydrogen-bond acceptors (Lipinski definition) is 6. The number of esters is 1. The second kappa shape index (κ2) is 9.23. The molecule has 2 aromatic rings. The van der Waals surface area contributed by atoms with Crippen LogP contribution in [0, 0.1) is 11.3 Å². The van der Waals surface area contributed by atoms with Gasteiger partial charge in [0.1, 0.15) is 0 Å². The van der Waals surface area contributed by atoms with Gasteiger partial charge in [-0.2, -0.15) is 5.26 Å². The first-order chi connectivity index (χ1) is 12.1. The van der Waals surface area contributed by atoms with E-state index in [1.165, 1.54) is 18.9 Å². The molecule has 25 heavy (non-hydrogen) atoms. The van der Waals surface area contributed by atoms with Crippen molar-refractivity contribution in [2.45, 2.75) is 44.3 Å². The van der Waals surface area contributed by atoms with Crippen LogP contribution in [0.1, 0.15) is 43.0 Å². The summed E-state index contributed by atoms with van der Waals surface area (Å²) in [5.41, 5.74) is 0.759. The number of rotatable bonds is 8. The van der Waals surface area contributed by atoms with Crippen molar-refractivity contribution >= 4 is 28.6 Å². The van der Waals surface area contributed by atoms with Crippen molar-refractivity contribution in [1.82, 2.24) is 9.55 Å². The van der Waals surface area contributed by atoms with Gasteiger partial charge in [-0.25, -0.2) is 9.78 Å². The van der Waals surface area contributed by atoms with E-state index < -0.39 is 5.97 Å². The molecule has 0 radical (unpaired) electrons. The Balaban J connectivity index is 2.47. The summed E-state index contributed by atoms with van der Waals surface area (Å²) < 4.78 is 6.42. The van der Waals surface area contributed by atoms with Crippen LogP contribution in [0.15, 0.2) is 28.2 Å². The number of fused-ring (bicyclic) bond motifs is 1. The highest BCUT2D eigenvalue weighted by atomic mass is 32.2. The van der Waals surface area contributed by atoms with Gasteiger partial charge in [-0.15, -0.1) is 0 Å². The molecule has 132 valence electrons. The minimum absolute atomic E-state index is 0.0994. The van der Waals surface area contributed by atoms with Gasteiger partial charge >= 0.3 is 5.97 Å². The summed E-state index contributed by atoms with van der Waals surface area (Å²) in [4.78, 5) is 29.1. The number of carbonyl (C=O) groups is 1. The molecule has 0 saturated carbocycles. The van der Waals surface area contributed by atoms with E-state index in [1.54, 1.807) is 22.8 Å². The fourth-order valence-electron chi connectivity index (χ4n) is 2.38. The number of aromatic nitrogens is 2. The van der Waals surface area contributed by atoms with Crippen LogP contribution in [0.3, 0.4) is 0 Å². The average Bonchev–Trinajstić information content (AvgIpc) is 2.63. The van der Waals surface area contributed by atoms with E-state index >= 15 is 0 Å². The van der Waals surface area contributed by atoms with Crippen molar-refractivity contribution in [2.75, 3.05) is 12.9 Å². The van der Waals surface area contributed by atoms with E-state index in [0.29, 0.717) is 40.3 Å². The lowest BCUT2D eigenvalue weighted by atomic mass is 10.1. The fourth-order valence-corrected chi connectivity index (χ4v) is 3.35. The Morgan fingerprint density at radius 1 is 1.40 bits per heavy atom. The zero-order valence-corrected chi connectivity index (χ0v) is 15.3. The van der Waals surface area contributed by atoms with Gasteiger partial charge in [0.05, 0.1) is 29.6 Å². The predicted molar refractivity (Wildman–Crippen MR) is 97.8 cm³/mol. The Morgan fingerprint density at radius 3 is 2.88 bits per heavy atom. The number of carbonyl (C=O) groups excluding carboxylic acids is 1. The van der Waals surface area contributed by atoms with Crippen molar-refractivity contribution in [2.24, 2.45) is 0 Å². The molecule has 0 bridgehead atoms. The number of ether oxygens (including phenoxy) is 1. The molecule has 0 aliphatic carbocycles. The minimum Gasteiger partial charge on any atom is -0.465 e. The number of unbranched alkanes of at least 4 members (excludes halogenated alkanes) is 2. The van der Waals surface area contributed by atoms with Crippen LogP contribution >= 0.6 is 11.8 Å². The lowest BCUT2D eigenvalue weighted by Crippen LogP contribution is -2.23. The highest BCUT2D eigenvalue weighted by molar-refractivity contribution is 7.99. The third-order valence-electron chi connectivity index (χ3n) is 3.74. The van der Waals surface area contributed by atoms with Crippen LogP contribution in [0.2, 0.25) is 0 Å². The Bertz CT molecular complexity index is 855. The molecule has 1 heterocycles. The number of nitrogens with zero attached hydrogens (tertiary/aromatic N) is 3. The van der Waals surface area contributed by atoms with E-state index in [4.69, 9.17) is 10.00 Å². The molecular weight excluding hydrogens is 338 g/mol. The molecule has 0 unspecified atom stereocenters. The lowest BCUT2D eigenvalue weighted by Gasteiger charge is -2.13. The van der Waals surface area contributed by atoms with Gasteiger partial charge in [0, 0.05) is 18.7 Å². The number of methoxy groups -OCH3 is 1. The number of nitriles is 1. The van der Waals surface area contributed by atoms with Gasteiger partial charge in [0.2, 0.25) is 0 Å². The van der Waals surface area contributed by atoms with Gasteiger partial charge in [-0.1, -0.05) is 25.1 Å². The molecule has 0 atom stereocenters. The molecule has 0 N–H and O–H groups in total. The number of thioether (sulfide) groups is 1. The van der Waals surface area contributed by atoms with Crippen LogP contribution < -0.4 is 5.56 Å². The summed E-state index contributed by atoms with van der Waals surface area (Å²) >= 11 is 1.47. The van der Waals surface area contributed by atoms with Crippen molar-refractivity contribution in [3.8, 4) is 6.07 Å².